The Morgan fingerprint density at radius 3 is 2.96 bits per heavy atom. The molecule has 3 rings (SSSR count). The fraction of sp³-hybridized carbons (Fsp3) is 0.733. The van der Waals surface area contributed by atoms with E-state index in [-0.39, 0.29) is 29.6 Å². The van der Waals surface area contributed by atoms with Crippen LogP contribution >= 0.6 is 11.3 Å². The molecule has 0 spiro atoms. The molecule has 134 valence electrons. The maximum Gasteiger partial charge on any atom is 0.270 e. The first-order chi connectivity index (χ1) is 11.4. The Labute approximate surface area is 146 Å². The number of aromatic nitrogens is 1. The first-order valence-corrected chi connectivity index (χ1v) is 10.7. The molecule has 1 amide bonds. The van der Waals surface area contributed by atoms with Gasteiger partial charge in [0.25, 0.3) is 5.91 Å². The number of nitrogens with one attached hydrogen (secondary N) is 1. The molecule has 3 heterocycles. The normalized spacial score (nSPS) is 27.3. The fourth-order valence-electron chi connectivity index (χ4n) is 3.37. The summed E-state index contributed by atoms with van der Waals surface area (Å²) in [6.45, 7) is 5.70. The Morgan fingerprint density at radius 1 is 1.50 bits per heavy atom. The van der Waals surface area contributed by atoms with Gasteiger partial charge in [-0.25, -0.2) is 13.4 Å². The van der Waals surface area contributed by atoms with E-state index in [4.69, 9.17) is 4.74 Å². The van der Waals surface area contributed by atoms with E-state index < -0.39 is 10.0 Å². The average molecular weight is 374 g/mol. The summed E-state index contributed by atoms with van der Waals surface area (Å²) in [6, 6.07) is 0. The van der Waals surface area contributed by atoms with Gasteiger partial charge in [0, 0.05) is 36.9 Å². The van der Waals surface area contributed by atoms with Gasteiger partial charge in [0.1, 0.15) is 5.69 Å². The quantitative estimate of drug-likeness (QED) is 0.799. The largest absolute Gasteiger partial charge is 0.376 e. The number of rotatable bonds is 6. The van der Waals surface area contributed by atoms with E-state index in [1.165, 1.54) is 11.3 Å². The van der Waals surface area contributed by atoms with Crippen LogP contribution in [0.4, 0.5) is 0 Å². The summed E-state index contributed by atoms with van der Waals surface area (Å²) >= 11 is 1.44. The number of aryl methyl sites for hydroxylation is 1. The standard InChI is InChI=1S/C15H23N3O4S2/c1-3-4-24(20,21)18-6-12-11(8-22-14(12)7-18)5-16-15(19)13-9-23-10(2)17-13/h9,11-12,14H,3-8H2,1-2H3,(H,16,19)/t11-,12+,14+/m0/s1. The van der Waals surface area contributed by atoms with Crippen molar-refractivity contribution in [2.45, 2.75) is 26.4 Å². The highest BCUT2D eigenvalue weighted by atomic mass is 32.2. The summed E-state index contributed by atoms with van der Waals surface area (Å²) in [5.41, 5.74) is 0.437. The molecule has 0 unspecified atom stereocenters. The van der Waals surface area contributed by atoms with Crippen LogP contribution in [0.15, 0.2) is 5.38 Å². The van der Waals surface area contributed by atoms with Crippen LogP contribution < -0.4 is 5.32 Å². The van der Waals surface area contributed by atoms with Gasteiger partial charge >= 0.3 is 0 Å². The van der Waals surface area contributed by atoms with Crippen LogP contribution in [-0.2, 0) is 14.8 Å². The van der Waals surface area contributed by atoms with Crippen LogP contribution in [0.2, 0.25) is 0 Å². The first kappa shape index (κ1) is 17.8. The number of sulfonamides is 1. The van der Waals surface area contributed by atoms with Crippen molar-refractivity contribution in [3.8, 4) is 0 Å². The molecule has 0 saturated carbocycles. The molecule has 2 aliphatic rings. The van der Waals surface area contributed by atoms with Gasteiger partial charge < -0.3 is 10.1 Å². The third kappa shape index (κ3) is 3.63. The lowest BCUT2D eigenvalue weighted by Gasteiger charge is -2.19. The van der Waals surface area contributed by atoms with Gasteiger partial charge in [0.05, 0.1) is 23.5 Å². The summed E-state index contributed by atoms with van der Waals surface area (Å²) in [5.74, 6) is 0.280. The zero-order chi connectivity index (χ0) is 17.3. The predicted octanol–water partition coefficient (Wildman–Crippen LogP) is 0.868. The van der Waals surface area contributed by atoms with Crippen LogP contribution in [0.1, 0.15) is 28.8 Å². The second-order valence-corrected chi connectivity index (χ2v) is 9.54. The van der Waals surface area contributed by atoms with Crippen molar-refractivity contribution < 1.29 is 17.9 Å². The van der Waals surface area contributed by atoms with Gasteiger partial charge in [-0.2, -0.15) is 4.31 Å². The lowest BCUT2D eigenvalue weighted by atomic mass is 9.93. The minimum atomic E-state index is -3.19. The zero-order valence-corrected chi connectivity index (χ0v) is 15.5. The number of hydrogen-bond donors (Lipinski definition) is 1. The summed E-state index contributed by atoms with van der Waals surface area (Å²) < 4.78 is 31.7. The number of hydrogen-bond acceptors (Lipinski definition) is 6. The highest BCUT2D eigenvalue weighted by Gasteiger charge is 2.46. The number of fused-ring (bicyclic) bond motifs is 1. The molecule has 0 bridgehead atoms. The molecule has 3 atom stereocenters. The third-order valence-electron chi connectivity index (χ3n) is 4.64. The Bertz CT molecular complexity index is 703. The number of carbonyl (C=O) groups excluding carboxylic acids is 1. The lowest BCUT2D eigenvalue weighted by molar-refractivity contribution is 0.0928. The average Bonchev–Trinajstić information content (AvgIpc) is 3.20. The van der Waals surface area contributed by atoms with Crippen molar-refractivity contribution >= 4 is 27.3 Å². The van der Waals surface area contributed by atoms with E-state index in [0.717, 1.165) is 5.01 Å². The van der Waals surface area contributed by atoms with Crippen molar-refractivity contribution in [1.82, 2.24) is 14.6 Å². The van der Waals surface area contributed by atoms with Crippen LogP contribution in [0.25, 0.3) is 0 Å². The monoisotopic (exact) mass is 373 g/mol. The van der Waals surface area contributed by atoms with Crippen LogP contribution in [0, 0.1) is 18.8 Å². The van der Waals surface area contributed by atoms with Crippen molar-refractivity contribution in [2.75, 3.05) is 32.0 Å². The minimum absolute atomic E-state index is 0.0555. The van der Waals surface area contributed by atoms with E-state index in [9.17, 15) is 13.2 Å². The molecule has 0 radical (unpaired) electrons. The van der Waals surface area contributed by atoms with Crippen molar-refractivity contribution in [2.24, 2.45) is 11.8 Å². The highest BCUT2D eigenvalue weighted by Crippen LogP contribution is 2.34. The van der Waals surface area contributed by atoms with Crippen molar-refractivity contribution in [3.63, 3.8) is 0 Å². The van der Waals surface area contributed by atoms with Crippen molar-refractivity contribution in [3.05, 3.63) is 16.1 Å². The van der Waals surface area contributed by atoms with Gasteiger partial charge in [-0.05, 0) is 13.3 Å². The first-order valence-electron chi connectivity index (χ1n) is 8.20. The molecule has 9 heteroatoms. The molecule has 0 aliphatic carbocycles. The number of nitrogens with zero attached hydrogens (tertiary/aromatic N) is 2. The molecule has 24 heavy (non-hydrogen) atoms. The zero-order valence-electron chi connectivity index (χ0n) is 13.9. The van der Waals surface area contributed by atoms with Crippen LogP contribution in [0.3, 0.4) is 0 Å². The van der Waals surface area contributed by atoms with E-state index in [1.54, 1.807) is 9.69 Å². The Balaban J connectivity index is 1.56. The van der Waals surface area contributed by atoms with Crippen LogP contribution in [-0.4, -0.2) is 61.7 Å². The maximum atomic E-state index is 12.2. The summed E-state index contributed by atoms with van der Waals surface area (Å²) in [4.78, 5) is 16.3. The molecule has 1 aromatic heterocycles. The highest BCUT2D eigenvalue weighted by molar-refractivity contribution is 7.89. The molecule has 1 N–H and O–H groups in total. The molecule has 2 saturated heterocycles. The Kier molecular flexibility index (Phi) is 5.24. The minimum Gasteiger partial charge on any atom is -0.376 e. The smallest absolute Gasteiger partial charge is 0.270 e. The third-order valence-corrected chi connectivity index (χ3v) is 7.42. The topological polar surface area (TPSA) is 88.6 Å². The van der Waals surface area contributed by atoms with E-state index in [0.29, 0.717) is 38.4 Å². The summed E-state index contributed by atoms with van der Waals surface area (Å²) in [5, 5.41) is 5.50. The number of ether oxygens (including phenoxy) is 1. The number of carbonyl (C=O) groups is 1. The SMILES string of the molecule is CCCS(=O)(=O)N1C[C@@H]2[C@@H](CNC(=O)c3csc(C)n3)CO[C@@H]2C1. The molecule has 2 fully saturated rings. The number of amides is 1. The van der Waals surface area contributed by atoms with Gasteiger partial charge in [-0.15, -0.1) is 11.3 Å². The van der Waals surface area contributed by atoms with E-state index >= 15 is 0 Å². The predicted molar refractivity (Wildman–Crippen MR) is 91.6 cm³/mol. The molecule has 7 nitrogen and oxygen atoms in total. The number of thiazole rings is 1. The van der Waals surface area contributed by atoms with Gasteiger partial charge in [-0.3, -0.25) is 4.79 Å². The van der Waals surface area contributed by atoms with Gasteiger partial charge in [0.15, 0.2) is 0 Å². The van der Waals surface area contributed by atoms with E-state index in [1.807, 2.05) is 13.8 Å². The van der Waals surface area contributed by atoms with Gasteiger partial charge in [-0.1, -0.05) is 6.92 Å². The second-order valence-electron chi connectivity index (χ2n) is 6.39. The molecule has 1 aromatic rings. The second kappa shape index (κ2) is 7.07. The van der Waals surface area contributed by atoms with Crippen LogP contribution in [0.5, 0.6) is 0 Å². The fourth-order valence-corrected chi connectivity index (χ4v) is 5.51. The Morgan fingerprint density at radius 2 is 2.29 bits per heavy atom. The summed E-state index contributed by atoms with van der Waals surface area (Å²) in [7, 11) is -3.19. The van der Waals surface area contributed by atoms with E-state index in [2.05, 4.69) is 10.3 Å². The maximum absolute atomic E-state index is 12.2. The molecular formula is C15H23N3O4S2. The molecular weight excluding hydrogens is 350 g/mol. The molecule has 0 aromatic carbocycles. The Hall–Kier alpha value is -1.03. The molecule has 2 aliphatic heterocycles. The lowest BCUT2D eigenvalue weighted by Crippen LogP contribution is -2.36. The summed E-state index contributed by atoms with van der Waals surface area (Å²) in [6.07, 6.45) is 0.557. The van der Waals surface area contributed by atoms with Crippen molar-refractivity contribution in [1.29, 1.82) is 0 Å². The van der Waals surface area contributed by atoms with Gasteiger partial charge in [0.2, 0.25) is 10.0 Å².